The third-order valence-electron chi connectivity index (χ3n) is 2.85. The van der Waals surface area contributed by atoms with Gasteiger partial charge in [0.25, 0.3) is 0 Å². The fourth-order valence-corrected chi connectivity index (χ4v) is 2.54. The molecule has 0 radical (unpaired) electrons. The van der Waals surface area contributed by atoms with Crippen LogP contribution in [-0.4, -0.2) is 10.1 Å². The Kier molecular flexibility index (Phi) is 4.38. The SMILES string of the molecule is Cc1cccc(C(O)Cc2ccncc2Cl)c1Br. The van der Waals surface area contributed by atoms with Crippen LogP contribution < -0.4 is 0 Å². The molecule has 1 heterocycles. The van der Waals surface area contributed by atoms with Gasteiger partial charge in [-0.1, -0.05) is 45.7 Å². The Hall–Kier alpha value is -0.900. The van der Waals surface area contributed by atoms with Crippen LogP contribution in [0, 0.1) is 6.92 Å². The van der Waals surface area contributed by atoms with Crippen molar-refractivity contribution in [1.29, 1.82) is 0 Å². The number of hydrogen-bond donors (Lipinski definition) is 1. The van der Waals surface area contributed by atoms with Crippen LogP contribution in [0.2, 0.25) is 5.02 Å². The third-order valence-corrected chi connectivity index (χ3v) is 4.27. The first-order valence-electron chi connectivity index (χ1n) is 5.61. The van der Waals surface area contributed by atoms with E-state index in [-0.39, 0.29) is 0 Å². The largest absolute Gasteiger partial charge is 0.388 e. The van der Waals surface area contributed by atoms with Crippen LogP contribution in [0.4, 0.5) is 0 Å². The highest BCUT2D eigenvalue weighted by Crippen LogP contribution is 2.29. The Bertz CT molecular complexity index is 559. The first-order valence-corrected chi connectivity index (χ1v) is 6.78. The summed E-state index contributed by atoms with van der Waals surface area (Å²) in [7, 11) is 0. The number of aliphatic hydroxyl groups is 1. The van der Waals surface area contributed by atoms with Crippen LogP contribution in [0.15, 0.2) is 41.1 Å². The first-order chi connectivity index (χ1) is 8.59. The highest BCUT2D eigenvalue weighted by atomic mass is 79.9. The molecule has 2 nitrogen and oxygen atoms in total. The lowest BCUT2D eigenvalue weighted by molar-refractivity contribution is 0.177. The normalized spacial score (nSPS) is 12.4. The molecule has 1 atom stereocenters. The molecular weight excluding hydrogens is 314 g/mol. The van der Waals surface area contributed by atoms with E-state index in [1.54, 1.807) is 12.4 Å². The second kappa shape index (κ2) is 5.83. The second-order valence-corrected chi connectivity index (χ2v) is 5.37. The Morgan fingerprint density at radius 1 is 1.39 bits per heavy atom. The number of aromatic nitrogens is 1. The first kappa shape index (κ1) is 13.5. The van der Waals surface area contributed by atoms with Crippen molar-refractivity contribution in [2.45, 2.75) is 19.4 Å². The topological polar surface area (TPSA) is 33.1 Å². The van der Waals surface area contributed by atoms with Crippen LogP contribution in [0.3, 0.4) is 0 Å². The number of aryl methyl sites for hydroxylation is 1. The van der Waals surface area contributed by atoms with Crippen molar-refractivity contribution in [1.82, 2.24) is 4.98 Å². The Morgan fingerprint density at radius 2 is 2.17 bits per heavy atom. The molecule has 0 aliphatic carbocycles. The van der Waals surface area contributed by atoms with Gasteiger partial charge < -0.3 is 5.11 Å². The van der Waals surface area contributed by atoms with Crippen LogP contribution in [0.1, 0.15) is 22.8 Å². The molecule has 2 rings (SSSR count). The molecule has 94 valence electrons. The highest BCUT2D eigenvalue weighted by Gasteiger charge is 2.14. The highest BCUT2D eigenvalue weighted by molar-refractivity contribution is 9.10. The number of halogens is 2. The number of hydrogen-bond acceptors (Lipinski definition) is 2. The number of pyridine rings is 1. The summed E-state index contributed by atoms with van der Waals surface area (Å²) >= 11 is 9.55. The zero-order chi connectivity index (χ0) is 13.1. The zero-order valence-corrected chi connectivity index (χ0v) is 12.2. The molecule has 0 fully saturated rings. The maximum absolute atomic E-state index is 10.3. The van der Waals surface area contributed by atoms with Gasteiger partial charge in [-0.15, -0.1) is 0 Å². The van der Waals surface area contributed by atoms with Gasteiger partial charge >= 0.3 is 0 Å². The summed E-state index contributed by atoms with van der Waals surface area (Å²) in [5.74, 6) is 0. The average molecular weight is 327 g/mol. The van der Waals surface area contributed by atoms with E-state index in [9.17, 15) is 5.11 Å². The fraction of sp³-hybridized carbons (Fsp3) is 0.214. The predicted octanol–water partition coefficient (Wildman–Crippen LogP) is 4.08. The predicted molar refractivity (Wildman–Crippen MR) is 76.8 cm³/mol. The van der Waals surface area contributed by atoms with Gasteiger partial charge in [0.15, 0.2) is 0 Å². The van der Waals surface area contributed by atoms with E-state index >= 15 is 0 Å². The summed E-state index contributed by atoms with van der Waals surface area (Å²) < 4.78 is 0.947. The lowest BCUT2D eigenvalue weighted by Gasteiger charge is -2.15. The molecule has 0 spiro atoms. The van der Waals surface area contributed by atoms with E-state index in [0.29, 0.717) is 11.4 Å². The van der Waals surface area contributed by atoms with Crippen molar-refractivity contribution in [3.63, 3.8) is 0 Å². The number of aliphatic hydroxyl groups excluding tert-OH is 1. The molecule has 0 amide bonds. The molecule has 18 heavy (non-hydrogen) atoms. The molecule has 1 aromatic carbocycles. The molecule has 1 N–H and O–H groups in total. The van der Waals surface area contributed by atoms with E-state index < -0.39 is 6.10 Å². The molecule has 0 bridgehead atoms. The minimum atomic E-state index is -0.584. The van der Waals surface area contributed by atoms with Crippen molar-refractivity contribution >= 4 is 27.5 Å². The zero-order valence-electron chi connectivity index (χ0n) is 9.90. The Balaban J connectivity index is 2.25. The van der Waals surface area contributed by atoms with E-state index in [2.05, 4.69) is 20.9 Å². The maximum Gasteiger partial charge on any atom is 0.0841 e. The Labute approximate surface area is 120 Å². The van der Waals surface area contributed by atoms with Crippen molar-refractivity contribution in [3.8, 4) is 0 Å². The lowest BCUT2D eigenvalue weighted by Crippen LogP contribution is -2.04. The van der Waals surface area contributed by atoms with Gasteiger partial charge in [0.05, 0.1) is 11.1 Å². The summed E-state index contributed by atoms with van der Waals surface area (Å²) in [6.07, 6.45) is 3.16. The summed E-state index contributed by atoms with van der Waals surface area (Å²) in [5.41, 5.74) is 2.88. The minimum Gasteiger partial charge on any atom is -0.388 e. The van der Waals surface area contributed by atoms with Crippen molar-refractivity contribution < 1.29 is 5.11 Å². The molecule has 1 aromatic heterocycles. The standard InChI is InChI=1S/C14H13BrClNO/c1-9-3-2-4-11(14(9)15)13(18)7-10-5-6-17-8-12(10)16/h2-6,8,13,18H,7H2,1H3. The van der Waals surface area contributed by atoms with Crippen LogP contribution in [-0.2, 0) is 6.42 Å². The molecule has 2 aromatic rings. The van der Waals surface area contributed by atoms with Gasteiger partial charge in [0, 0.05) is 23.3 Å². The smallest absolute Gasteiger partial charge is 0.0841 e. The molecule has 1 unspecified atom stereocenters. The van der Waals surface area contributed by atoms with Crippen LogP contribution in [0.25, 0.3) is 0 Å². The summed E-state index contributed by atoms with van der Waals surface area (Å²) in [4.78, 5) is 3.93. The number of benzene rings is 1. The molecule has 4 heteroatoms. The van der Waals surface area contributed by atoms with Gasteiger partial charge in [0.1, 0.15) is 0 Å². The monoisotopic (exact) mass is 325 g/mol. The molecule has 0 aliphatic rings. The summed E-state index contributed by atoms with van der Waals surface area (Å²) in [5, 5.41) is 10.9. The van der Waals surface area contributed by atoms with Gasteiger partial charge in [-0.25, -0.2) is 0 Å². The average Bonchev–Trinajstić information content (AvgIpc) is 2.35. The molecule has 0 saturated heterocycles. The molecule has 0 saturated carbocycles. The van der Waals surface area contributed by atoms with Gasteiger partial charge in [-0.2, -0.15) is 0 Å². The number of nitrogens with zero attached hydrogens (tertiary/aromatic N) is 1. The van der Waals surface area contributed by atoms with Gasteiger partial charge in [-0.3, -0.25) is 4.98 Å². The van der Waals surface area contributed by atoms with Gasteiger partial charge in [-0.05, 0) is 29.7 Å². The second-order valence-electron chi connectivity index (χ2n) is 4.17. The van der Waals surface area contributed by atoms with Gasteiger partial charge in [0.2, 0.25) is 0 Å². The molecular formula is C14H13BrClNO. The number of rotatable bonds is 3. The van der Waals surface area contributed by atoms with E-state index in [4.69, 9.17) is 11.6 Å². The Morgan fingerprint density at radius 3 is 2.89 bits per heavy atom. The van der Waals surface area contributed by atoms with E-state index in [1.165, 1.54) is 0 Å². The van der Waals surface area contributed by atoms with Crippen molar-refractivity contribution in [3.05, 3.63) is 62.8 Å². The lowest BCUT2D eigenvalue weighted by atomic mass is 10.0. The van der Waals surface area contributed by atoms with Crippen molar-refractivity contribution in [2.75, 3.05) is 0 Å². The molecule has 0 aliphatic heterocycles. The summed E-state index contributed by atoms with van der Waals surface area (Å²) in [6, 6.07) is 7.68. The van der Waals surface area contributed by atoms with Crippen LogP contribution >= 0.6 is 27.5 Å². The quantitative estimate of drug-likeness (QED) is 0.922. The van der Waals surface area contributed by atoms with Crippen molar-refractivity contribution in [2.24, 2.45) is 0 Å². The van der Waals surface area contributed by atoms with E-state index in [1.807, 2.05) is 31.2 Å². The fourth-order valence-electron chi connectivity index (χ4n) is 1.82. The third kappa shape index (κ3) is 2.91. The minimum absolute atomic E-state index is 0.476. The van der Waals surface area contributed by atoms with Crippen LogP contribution in [0.5, 0.6) is 0 Å². The summed E-state index contributed by atoms with van der Waals surface area (Å²) in [6.45, 7) is 2.00. The van der Waals surface area contributed by atoms with E-state index in [0.717, 1.165) is 21.2 Å². The maximum atomic E-state index is 10.3.